The molecule has 0 atom stereocenters. The van der Waals surface area contributed by atoms with E-state index in [1.807, 2.05) is 36.4 Å². The lowest BCUT2D eigenvalue weighted by atomic mass is 10.0. The average molecular weight is 382 g/mol. The molecular formula is C18H17Cl2NO2S. The van der Waals surface area contributed by atoms with Crippen molar-refractivity contribution in [1.29, 1.82) is 0 Å². The Morgan fingerprint density at radius 1 is 1.00 bits per heavy atom. The van der Waals surface area contributed by atoms with Crippen molar-refractivity contribution in [1.82, 2.24) is 4.31 Å². The second-order valence-electron chi connectivity index (χ2n) is 5.71. The highest BCUT2D eigenvalue weighted by Crippen LogP contribution is 2.26. The van der Waals surface area contributed by atoms with E-state index in [1.54, 1.807) is 18.2 Å². The lowest BCUT2D eigenvalue weighted by molar-refractivity contribution is 0.440. The Morgan fingerprint density at radius 3 is 2.38 bits per heavy atom. The monoisotopic (exact) mass is 381 g/mol. The fraction of sp³-hybridized carbons (Fsp3) is 0.222. The van der Waals surface area contributed by atoms with Gasteiger partial charge in [0.2, 0.25) is 10.0 Å². The van der Waals surface area contributed by atoms with Crippen LogP contribution in [0.1, 0.15) is 17.5 Å². The Morgan fingerprint density at radius 2 is 1.75 bits per heavy atom. The molecule has 0 saturated carbocycles. The van der Waals surface area contributed by atoms with Crippen LogP contribution in [0.4, 0.5) is 0 Å². The van der Waals surface area contributed by atoms with E-state index in [2.05, 4.69) is 0 Å². The second kappa shape index (κ2) is 7.28. The molecule has 0 aliphatic carbocycles. The molecule has 0 fully saturated rings. The van der Waals surface area contributed by atoms with Gasteiger partial charge in [-0.25, -0.2) is 8.42 Å². The van der Waals surface area contributed by atoms with E-state index in [0.29, 0.717) is 35.1 Å². The third kappa shape index (κ3) is 4.01. The highest BCUT2D eigenvalue weighted by atomic mass is 35.5. The Kier molecular flexibility index (Phi) is 5.30. The summed E-state index contributed by atoms with van der Waals surface area (Å²) in [7, 11) is -3.38. The van der Waals surface area contributed by atoms with Crippen LogP contribution in [-0.4, -0.2) is 25.8 Å². The summed E-state index contributed by atoms with van der Waals surface area (Å²) in [6.45, 7) is 0.887. The topological polar surface area (TPSA) is 37.4 Å². The minimum atomic E-state index is -3.38. The lowest BCUT2D eigenvalue weighted by Gasteiger charge is -2.26. The van der Waals surface area contributed by atoms with Crippen LogP contribution in [0, 0.1) is 0 Å². The summed E-state index contributed by atoms with van der Waals surface area (Å²) in [5, 5.41) is 0.792. The summed E-state index contributed by atoms with van der Waals surface area (Å²) in [5.74, 6) is -0.0710. The first-order chi connectivity index (χ1) is 11.5. The molecule has 0 saturated heterocycles. The van der Waals surface area contributed by atoms with Gasteiger partial charge in [0.15, 0.2) is 0 Å². The molecule has 6 heteroatoms. The van der Waals surface area contributed by atoms with Gasteiger partial charge in [-0.05, 0) is 35.3 Å². The molecule has 0 bridgehead atoms. The van der Waals surface area contributed by atoms with Crippen molar-refractivity contribution in [2.24, 2.45) is 0 Å². The zero-order valence-corrected chi connectivity index (χ0v) is 15.3. The van der Waals surface area contributed by atoms with Crippen LogP contribution in [0.25, 0.3) is 5.57 Å². The van der Waals surface area contributed by atoms with Crippen molar-refractivity contribution in [2.75, 3.05) is 13.1 Å². The summed E-state index contributed by atoms with van der Waals surface area (Å²) in [5.41, 5.74) is 2.98. The highest BCUT2D eigenvalue weighted by molar-refractivity contribution is 7.88. The van der Waals surface area contributed by atoms with Crippen LogP contribution in [0.15, 0.2) is 54.6 Å². The predicted octanol–water partition coefficient (Wildman–Crippen LogP) is 4.61. The summed E-state index contributed by atoms with van der Waals surface area (Å²) in [6.07, 6.45) is 2.70. The summed E-state index contributed by atoms with van der Waals surface area (Å²) in [4.78, 5) is 0. The Hall–Kier alpha value is -1.33. The van der Waals surface area contributed by atoms with Gasteiger partial charge in [0.05, 0.1) is 15.8 Å². The van der Waals surface area contributed by atoms with Gasteiger partial charge in [0.25, 0.3) is 0 Å². The number of halogens is 2. The van der Waals surface area contributed by atoms with Crippen molar-refractivity contribution in [3.8, 4) is 0 Å². The maximum atomic E-state index is 12.6. The van der Waals surface area contributed by atoms with Gasteiger partial charge in [-0.15, -0.1) is 0 Å². The van der Waals surface area contributed by atoms with Gasteiger partial charge < -0.3 is 0 Å². The van der Waals surface area contributed by atoms with Gasteiger partial charge in [0.1, 0.15) is 0 Å². The number of sulfonamides is 1. The summed E-state index contributed by atoms with van der Waals surface area (Å²) >= 11 is 11.8. The first-order valence-electron chi connectivity index (χ1n) is 7.62. The van der Waals surface area contributed by atoms with Crippen LogP contribution >= 0.6 is 23.2 Å². The van der Waals surface area contributed by atoms with E-state index >= 15 is 0 Å². The highest BCUT2D eigenvalue weighted by Gasteiger charge is 2.25. The van der Waals surface area contributed by atoms with Gasteiger partial charge in [-0.3, -0.25) is 0 Å². The summed E-state index contributed by atoms with van der Waals surface area (Å²) < 4.78 is 26.7. The zero-order valence-electron chi connectivity index (χ0n) is 13.0. The SMILES string of the molecule is O=S(=O)(Cc1ccc(Cl)c(Cl)c1)N1CC=C(c2ccccc2)CC1. The molecule has 0 unspecified atom stereocenters. The quantitative estimate of drug-likeness (QED) is 0.774. The fourth-order valence-corrected chi connectivity index (χ4v) is 4.52. The van der Waals surface area contributed by atoms with Crippen LogP contribution < -0.4 is 0 Å². The Bertz CT molecular complexity index is 864. The molecule has 2 aromatic carbocycles. The molecule has 3 rings (SSSR count). The fourth-order valence-electron chi connectivity index (χ4n) is 2.75. The number of hydrogen-bond donors (Lipinski definition) is 0. The van der Waals surface area contributed by atoms with Crippen LogP contribution in [0.3, 0.4) is 0 Å². The van der Waals surface area contributed by atoms with E-state index < -0.39 is 10.0 Å². The van der Waals surface area contributed by atoms with E-state index in [4.69, 9.17) is 23.2 Å². The molecule has 126 valence electrons. The molecule has 3 nitrogen and oxygen atoms in total. The van der Waals surface area contributed by atoms with Gasteiger partial charge in [0, 0.05) is 13.1 Å². The van der Waals surface area contributed by atoms with E-state index in [9.17, 15) is 8.42 Å². The van der Waals surface area contributed by atoms with Crippen molar-refractivity contribution in [2.45, 2.75) is 12.2 Å². The van der Waals surface area contributed by atoms with E-state index in [0.717, 1.165) is 5.56 Å². The van der Waals surface area contributed by atoms with Crippen LogP contribution in [0.2, 0.25) is 10.0 Å². The molecule has 0 spiro atoms. The van der Waals surface area contributed by atoms with Crippen LogP contribution in [-0.2, 0) is 15.8 Å². The van der Waals surface area contributed by atoms with Crippen molar-refractivity contribution in [3.63, 3.8) is 0 Å². The molecular weight excluding hydrogens is 365 g/mol. The Labute approximate surface area is 152 Å². The number of rotatable bonds is 4. The maximum absolute atomic E-state index is 12.6. The Balaban J connectivity index is 1.72. The van der Waals surface area contributed by atoms with E-state index in [1.165, 1.54) is 9.88 Å². The first-order valence-corrected chi connectivity index (χ1v) is 9.98. The van der Waals surface area contributed by atoms with E-state index in [-0.39, 0.29) is 5.75 Å². The third-order valence-electron chi connectivity index (χ3n) is 4.04. The molecule has 0 radical (unpaired) electrons. The number of nitrogens with zero attached hydrogens (tertiary/aromatic N) is 1. The first kappa shape index (κ1) is 17.5. The molecule has 1 aliphatic heterocycles. The smallest absolute Gasteiger partial charge is 0.212 e. The average Bonchev–Trinajstić information content (AvgIpc) is 2.59. The third-order valence-corrected chi connectivity index (χ3v) is 6.60. The molecule has 1 heterocycles. The standard InChI is InChI=1S/C18H17Cl2NO2S/c19-17-7-6-14(12-18(17)20)13-24(22,23)21-10-8-16(9-11-21)15-4-2-1-3-5-15/h1-8,12H,9-11,13H2. The molecule has 24 heavy (non-hydrogen) atoms. The number of hydrogen-bond acceptors (Lipinski definition) is 2. The summed E-state index contributed by atoms with van der Waals surface area (Å²) in [6, 6.07) is 15.0. The maximum Gasteiger partial charge on any atom is 0.218 e. The molecule has 0 amide bonds. The molecule has 0 aromatic heterocycles. The normalized spacial score (nSPS) is 16.0. The molecule has 1 aliphatic rings. The van der Waals surface area contributed by atoms with Crippen LogP contribution in [0.5, 0.6) is 0 Å². The second-order valence-corrected chi connectivity index (χ2v) is 8.49. The van der Waals surface area contributed by atoms with Gasteiger partial charge >= 0.3 is 0 Å². The van der Waals surface area contributed by atoms with Gasteiger partial charge in [-0.1, -0.05) is 65.7 Å². The molecule has 0 N–H and O–H groups in total. The minimum absolute atomic E-state index is 0.0710. The van der Waals surface area contributed by atoms with Crippen molar-refractivity contribution < 1.29 is 8.42 Å². The number of benzene rings is 2. The molecule has 2 aromatic rings. The lowest BCUT2D eigenvalue weighted by Crippen LogP contribution is -2.35. The zero-order chi connectivity index (χ0) is 17.2. The van der Waals surface area contributed by atoms with Crippen molar-refractivity contribution in [3.05, 3.63) is 75.8 Å². The minimum Gasteiger partial charge on any atom is -0.212 e. The largest absolute Gasteiger partial charge is 0.218 e. The predicted molar refractivity (Wildman–Crippen MR) is 99.7 cm³/mol. The van der Waals surface area contributed by atoms with Crippen molar-refractivity contribution >= 4 is 38.8 Å². The van der Waals surface area contributed by atoms with Gasteiger partial charge in [-0.2, -0.15) is 4.31 Å².